The van der Waals surface area contributed by atoms with Crippen LogP contribution in [-0.4, -0.2) is 23.5 Å². The van der Waals surface area contributed by atoms with Gasteiger partial charge >= 0.3 is 0 Å². The minimum atomic E-state index is -1.20. The Kier molecular flexibility index (Phi) is 5.81. The van der Waals surface area contributed by atoms with Crippen LogP contribution in [0.25, 0.3) is 0 Å². The molecule has 0 fully saturated rings. The second kappa shape index (κ2) is 7.02. The third-order valence-electron chi connectivity index (χ3n) is 3.12. The number of para-hydroxylation sites is 2. The second-order valence-electron chi connectivity index (χ2n) is 7.45. The molecule has 1 aromatic rings. The summed E-state index contributed by atoms with van der Waals surface area (Å²) in [7, 11) is 0. The lowest BCUT2D eigenvalue weighted by Gasteiger charge is -2.29. The van der Waals surface area contributed by atoms with E-state index in [2.05, 4.69) is 10.6 Å². The van der Waals surface area contributed by atoms with Gasteiger partial charge in [-0.15, -0.1) is 0 Å². The number of amides is 2. The Morgan fingerprint density at radius 2 is 1.57 bits per heavy atom. The summed E-state index contributed by atoms with van der Waals surface area (Å²) in [6, 6.07) is 7.20. The van der Waals surface area contributed by atoms with E-state index in [1.807, 2.05) is 46.8 Å². The largest absolute Gasteiger partial charge is 0.489 e. The molecule has 2 N–H and O–H groups in total. The van der Waals surface area contributed by atoms with Crippen molar-refractivity contribution in [3.63, 3.8) is 0 Å². The van der Waals surface area contributed by atoms with Crippen molar-refractivity contribution >= 4 is 17.5 Å². The number of nitrogens with one attached hydrogen (secondary N) is 2. The maximum atomic E-state index is 12.6. The van der Waals surface area contributed by atoms with Crippen molar-refractivity contribution in [2.45, 2.75) is 60.1 Å². The highest BCUT2D eigenvalue weighted by Gasteiger charge is 2.38. The van der Waals surface area contributed by atoms with Crippen molar-refractivity contribution in [1.29, 1.82) is 0 Å². The normalized spacial score (nSPS) is 12.0. The molecule has 23 heavy (non-hydrogen) atoms. The van der Waals surface area contributed by atoms with Gasteiger partial charge in [-0.25, -0.2) is 0 Å². The lowest BCUT2D eigenvalue weighted by atomic mass is 9.89. The summed E-state index contributed by atoms with van der Waals surface area (Å²) >= 11 is 0. The zero-order valence-electron chi connectivity index (χ0n) is 15.1. The summed E-state index contributed by atoms with van der Waals surface area (Å²) in [6.07, 6.45) is -0.00903. The van der Waals surface area contributed by atoms with Crippen molar-refractivity contribution in [2.75, 3.05) is 5.32 Å². The molecule has 0 heterocycles. The standard InChI is InChI=1S/C18H28N2O3/c1-12(2)23-14-11-9-8-10-13(14)19-15(21)18(6,7)16(22)20-17(3,4)5/h8-12H,1-7H3,(H,19,21)(H,20,22). The highest BCUT2D eigenvalue weighted by Crippen LogP contribution is 2.27. The van der Waals surface area contributed by atoms with E-state index in [1.54, 1.807) is 26.0 Å². The lowest BCUT2D eigenvalue weighted by Crippen LogP contribution is -2.51. The Morgan fingerprint density at radius 3 is 2.09 bits per heavy atom. The molecule has 0 aliphatic heterocycles. The summed E-state index contributed by atoms with van der Waals surface area (Å²) < 4.78 is 5.68. The quantitative estimate of drug-likeness (QED) is 0.818. The average Bonchev–Trinajstić information content (AvgIpc) is 2.38. The number of carbonyl (C=O) groups excluding carboxylic acids is 2. The average molecular weight is 320 g/mol. The van der Waals surface area contributed by atoms with Gasteiger partial charge in [0.1, 0.15) is 11.2 Å². The van der Waals surface area contributed by atoms with Crippen LogP contribution in [0.15, 0.2) is 24.3 Å². The van der Waals surface area contributed by atoms with E-state index in [1.165, 1.54) is 0 Å². The first-order chi connectivity index (χ1) is 10.4. The van der Waals surface area contributed by atoms with Gasteiger partial charge in [-0.2, -0.15) is 0 Å². The molecule has 1 rings (SSSR count). The topological polar surface area (TPSA) is 67.4 Å². The molecule has 0 aromatic heterocycles. The van der Waals surface area contributed by atoms with E-state index >= 15 is 0 Å². The Hall–Kier alpha value is -2.04. The molecular weight excluding hydrogens is 292 g/mol. The minimum absolute atomic E-state index is 0.00903. The molecule has 0 radical (unpaired) electrons. The SMILES string of the molecule is CC(C)Oc1ccccc1NC(=O)C(C)(C)C(=O)NC(C)(C)C. The fourth-order valence-corrected chi connectivity index (χ4v) is 1.81. The Morgan fingerprint density at radius 1 is 1.00 bits per heavy atom. The third-order valence-corrected chi connectivity index (χ3v) is 3.12. The van der Waals surface area contributed by atoms with Gasteiger partial charge in [-0.3, -0.25) is 9.59 Å². The van der Waals surface area contributed by atoms with Crippen molar-refractivity contribution in [1.82, 2.24) is 5.32 Å². The summed E-state index contributed by atoms with van der Waals surface area (Å²) in [6.45, 7) is 12.7. The summed E-state index contributed by atoms with van der Waals surface area (Å²) in [5.41, 5.74) is -1.03. The molecular formula is C18H28N2O3. The third kappa shape index (κ3) is 5.58. The fourth-order valence-electron chi connectivity index (χ4n) is 1.81. The molecule has 0 bridgehead atoms. The van der Waals surface area contributed by atoms with Crippen LogP contribution in [0.3, 0.4) is 0 Å². The monoisotopic (exact) mass is 320 g/mol. The number of hydrogen-bond acceptors (Lipinski definition) is 3. The first-order valence-corrected chi connectivity index (χ1v) is 7.83. The van der Waals surface area contributed by atoms with Crippen LogP contribution in [0.4, 0.5) is 5.69 Å². The summed E-state index contributed by atoms with van der Waals surface area (Å²) in [4.78, 5) is 24.9. The molecule has 5 nitrogen and oxygen atoms in total. The van der Waals surface area contributed by atoms with Crippen LogP contribution in [-0.2, 0) is 9.59 Å². The Balaban J connectivity index is 2.92. The maximum absolute atomic E-state index is 12.6. The van der Waals surface area contributed by atoms with E-state index in [0.29, 0.717) is 11.4 Å². The van der Waals surface area contributed by atoms with Crippen molar-refractivity contribution < 1.29 is 14.3 Å². The van der Waals surface area contributed by atoms with Crippen molar-refractivity contribution in [3.05, 3.63) is 24.3 Å². The van der Waals surface area contributed by atoms with Gasteiger partial charge in [0.05, 0.1) is 11.8 Å². The predicted molar refractivity (Wildman–Crippen MR) is 92.5 cm³/mol. The van der Waals surface area contributed by atoms with Gasteiger partial charge in [0, 0.05) is 5.54 Å². The molecule has 5 heteroatoms. The number of carbonyl (C=O) groups is 2. The summed E-state index contributed by atoms with van der Waals surface area (Å²) in [5, 5.41) is 5.64. The number of ether oxygens (including phenoxy) is 1. The fraction of sp³-hybridized carbons (Fsp3) is 0.556. The number of anilines is 1. The van der Waals surface area contributed by atoms with Crippen LogP contribution in [0.5, 0.6) is 5.75 Å². The molecule has 0 unspecified atom stereocenters. The first kappa shape index (κ1) is 19.0. The number of rotatable bonds is 5. The predicted octanol–water partition coefficient (Wildman–Crippen LogP) is 3.35. The highest BCUT2D eigenvalue weighted by atomic mass is 16.5. The molecule has 0 atom stereocenters. The zero-order chi connectivity index (χ0) is 17.8. The molecule has 0 saturated carbocycles. The Labute approximate surface area is 138 Å². The van der Waals surface area contributed by atoms with E-state index in [0.717, 1.165) is 0 Å². The molecule has 128 valence electrons. The molecule has 0 saturated heterocycles. The second-order valence-corrected chi connectivity index (χ2v) is 7.45. The van der Waals surface area contributed by atoms with Gasteiger partial charge in [0.2, 0.25) is 11.8 Å². The van der Waals surface area contributed by atoms with Crippen LogP contribution in [0, 0.1) is 5.41 Å². The number of benzene rings is 1. The van der Waals surface area contributed by atoms with Gasteiger partial charge in [-0.05, 0) is 60.6 Å². The molecule has 1 aromatic carbocycles. The Bertz CT molecular complexity index is 572. The highest BCUT2D eigenvalue weighted by molar-refractivity contribution is 6.10. The van der Waals surface area contributed by atoms with Crippen molar-refractivity contribution in [2.24, 2.45) is 5.41 Å². The summed E-state index contributed by atoms with van der Waals surface area (Å²) in [5.74, 6) is -0.105. The van der Waals surface area contributed by atoms with Crippen LogP contribution >= 0.6 is 0 Å². The molecule has 0 aliphatic carbocycles. The van der Waals surface area contributed by atoms with E-state index in [4.69, 9.17) is 4.74 Å². The first-order valence-electron chi connectivity index (χ1n) is 7.83. The van der Waals surface area contributed by atoms with E-state index in [-0.39, 0.29) is 17.9 Å². The van der Waals surface area contributed by atoms with Gasteiger partial charge in [0.15, 0.2) is 0 Å². The van der Waals surface area contributed by atoms with E-state index in [9.17, 15) is 9.59 Å². The number of hydrogen-bond donors (Lipinski definition) is 2. The molecule has 0 aliphatic rings. The zero-order valence-corrected chi connectivity index (χ0v) is 15.1. The van der Waals surface area contributed by atoms with E-state index < -0.39 is 11.0 Å². The van der Waals surface area contributed by atoms with Gasteiger partial charge < -0.3 is 15.4 Å². The maximum Gasteiger partial charge on any atom is 0.239 e. The molecule has 0 spiro atoms. The van der Waals surface area contributed by atoms with Gasteiger partial charge in [0.25, 0.3) is 0 Å². The van der Waals surface area contributed by atoms with Crippen LogP contribution < -0.4 is 15.4 Å². The van der Waals surface area contributed by atoms with Crippen molar-refractivity contribution in [3.8, 4) is 5.75 Å². The molecule has 2 amide bonds. The minimum Gasteiger partial charge on any atom is -0.489 e. The smallest absolute Gasteiger partial charge is 0.239 e. The lowest BCUT2D eigenvalue weighted by molar-refractivity contribution is -0.139. The van der Waals surface area contributed by atoms with Crippen LogP contribution in [0.2, 0.25) is 0 Å². The van der Waals surface area contributed by atoms with Gasteiger partial charge in [-0.1, -0.05) is 12.1 Å². The van der Waals surface area contributed by atoms with Crippen LogP contribution in [0.1, 0.15) is 48.5 Å².